The molecule has 0 radical (unpaired) electrons. The van der Waals surface area contributed by atoms with E-state index in [9.17, 15) is 28.0 Å². The van der Waals surface area contributed by atoms with Crippen molar-refractivity contribution in [2.24, 2.45) is 0 Å². The predicted molar refractivity (Wildman–Crippen MR) is 150 cm³/mol. The van der Waals surface area contributed by atoms with Gasteiger partial charge in [-0.05, 0) is 61.5 Å². The zero-order chi connectivity index (χ0) is 29.0. The van der Waals surface area contributed by atoms with E-state index in [1.807, 2.05) is 0 Å². The fourth-order valence-electron chi connectivity index (χ4n) is 3.92. The number of dihydropyridines is 1. The lowest BCUT2D eigenvalue weighted by Gasteiger charge is -2.28. The minimum absolute atomic E-state index is 0.0450. The van der Waals surface area contributed by atoms with Crippen LogP contribution in [0.1, 0.15) is 24.2 Å². The van der Waals surface area contributed by atoms with Crippen molar-refractivity contribution >= 4 is 62.5 Å². The Morgan fingerprint density at radius 2 is 1.90 bits per heavy atom. The number of benzene rings is 2. The molecule has 1 aliphatic rings. The zero-order valence-electron chi connectivity index (χ0n) is 20.5. The summed E-state index contributed by atoms with van der Waals surface area (Å²) in [6.07, 6.45) is -3.27. The van der Waals surface area contributed by atoms with Crippen LogP contribution in [0, 0.1) is 11.3 Å². The van der Waals surface area contributed by atoms with Crippen LogP contribution in [0.3, 0.4) is 0 Å². The summed E-state index contributed by atoms with van der Waals surface area (Å²) in [5.41, 5.74) is -0.174. The molecule has 4 rings (SSSR count). The lowest BCUT2D eigenvalue weighted by atomic mass is 9.85. The number of hydrogen-bond acceptors (Lipinski definition) is 6. The lowest BCUT2D eigenvalue weighted by Crippen LogP contribution is -2.31. The van der Waals surface area contributed by atoms with Crippen LogP contribution in [0.15, 0.2) is 91.6 Å². The van der Waals surface area contributed by atoms with Crippen molar-refractivity contribution < 1.29 is 27.2 Å². The second-order valence-electron chi connectivity index (χ2n) is 8.46. The summed E-state index contributed by atoms with van der Waals surface area (Å²) in [5.74, 6) is -1.89. The highest BCUT2D eigenvalue weighted by molar-refractivity contribution is 9.10. The summed E-state index contributed by atoms with van der Waals surface area (Å²) < 4.78 is 46.1. The van der Waals surface area contributed by atoms with Gasteiger partial charge < -0.3 is 20.4 Å². The second kappa shape index (κ2) is 12.2. The van der Waals surface area contributed by atoms with Gasteiger partial charge in [-0.2, -0.15) is 18.4 Å². The number of anilines is 2. The van der Waals surface area contributed by atoms with Gasteiger partial charge in [0.1, 0.15) is 5.76 Å². The molecule has 1 aliphatic heterocycles. The monoisotopic (exact) mass is 650 g/mol. The van der Waals surface area contributed by atoms with Gasteiger partial charge in [-0.15, -0.1) is 0 Å². The minimum Gasteiger partial charge on any atom is -0.468 e. The molecule has 7 nitrogen and oxygen atoms in total. The number of carbonyl (C=O) groups is 2. The molecule has 2 heterocycles. The van der Waals surface area contributed by atoms with Gasteiger partial charge in [-0.3, -0.25) is 9.59 Å². The molecule has 1 aromatic heterocycles. The van der Waals surface area contributed by atoms with E-state index in [4.69, 9.17) is 16.0 Å². The third-order valence-corrected chi connectivity index (χ3v) is 7.61. The summed E-state index contributed by atoms with van der Waals surface area (Å²) in [6.45, 7) is 1.58. The summed E-state index contributed by atoms with van der Waals surface area (Å²) >= 11 is 10.5. The van der Waals surface area contributed by atoms with Crippen LogP contribution in [0.4, 0.5) is 24.5 Å². The normalized spacial score (nSPS) is 15.4. The van der Waals surface area contributed by atoms with Crippen molar-refractivity contribution in [1.29, 1.82) is 5.26 Å². The smallest absolute Gasteiger partial charge is 0.416 e. The van der Waals surface area contributed by atoms with Gasteiger partial charge in [-0.25, -0.2) is 0 Å². The minimum atomic E-state index is -4.64. The van der Waals surface area contributed by atoms with Crippen molar-refractivity contribution in [2.45, 2.75) is 19.0 Å². The van der Waals surface area contributed by atoms with Crippen LogP contribution in [0.2, 0.25) is 5.02 Å². The van der Waals surface area contributed by atoms with Gasteiger partial charge in [0.25, 0.3) is 5.91 Å². The maximum atomic E-state index is 13.5. The van der Waals surface area contributed by atoms with Crippen LogP contribution in [0.25, 0.3) is 0 Å². The molecule has 1 atom stereocenters. The van der Waals surface area contributed by atoms with Crippen molar-refractivity contribution in [2.75, 3.05) is 16.4 Å². The lowest BCUT2D eigenvalue weighted by molar-refractivity contribution is -0.137. The number of carbonyl (C=O) groups excluding carboxylic acids is 2. The standard InChI is InChI=1S/C27H19BrClF3N4O3S/c1-14-23(25(38)36-20-11-15(27(30,31)32)4-9-19(20)29)24(21-3-2-10-39-21)18(12-33)26(34-14)40-13-22(37)35-17-7-5-16(28)6-8-17/h2-11,24,34H,13H2,1H3,(H,35,37)(H,36,38)/t24-/m1/s1. The molecule has 2 aromatic carbocycles. The van der Waals surface area contributed by atoms with Gasteiger partial charge in [0, 0.05) is 15.9 Å². The van der Waals surface area contributed by atoms with Crippen LogP contribution < -0.4 is 16.0 Å². The first kappa shape index (κ1) is 29.3. The van der Waals surface area contributed by atoms with Gasteiger partial charge in [0.15, 0.2) is 0 Å². The number of allylic oxidation sites excluding steroid dienone is 2. The molecular formula is C27H19BrClF3N4O3S. The summed E-state index contributed by atoms with van der Waals surface area (Å²) in [6, 6.07) is 14.9. The fraction of sp³-hybridized carbons (Fsp3) is 0.148. The Balaban J connectivity index is 1.60. The molecule has 0 bridgehead atoms. The molecule has 0 saturated heterocycles. The quantitative estimate of drug-likeness (QED) is 0.246. The van der Waals surface area contributed by atoms with E-state index >= 15 is 0 Å². The average molecular weight is 652 g/mol. The number of rotatable bonds is 7. The molecule has 0 saturated carbocycles. The summed E-state index contributed by atoms with van der Waals surface area (Å²) in [4.78, 5) is 26.0. The highest BCUT2D eigenvalue weighted by Crippen LogP contribution is 2.42. The van der Waals surface area contributed by atoms with Gasteiger partial charge >= 0.3 is 6.18 Å². The van der Waals surface area contributed by atoms with Crippen LogP contribution in [-0.4, -0.2) is 17.6 Å². The van der Waals surface area contributed by atoms with Crippen molar-refractivity contribution in [1.82, 2.24) is 5.32 Å². The largest absolute Gasteiger partial charge is 0.468 e. The van der Waals surface area contributed by atoms with Gasteiger partial charge in [0.05, 0.1) is 56.5 Å². The first-order valence-electron chi connectivity index (χ1n) is 11.5. The van der Waals surface area contributed by atoms with Crippen LogP contribution in [0.5, 0.6) is 0 Å². The molecule has 0 spiro atoms. The Labute approximate surface area is 244 Å². The van der Waals surface area contributed by atoms with E-state index in [1.54, 1.807) is 43.3 Å². The number of alkyl halides is 3. The maximum absolute atomic E-state index is 13.5. The molecule has 40 heavy (non-hydrogen) atoms. The molecule has 3 aromatic rings. The summed E-state index contributed by atoms with van der Waals surface area (Å²) in [5, 5.41) is 18.5. The highest BCUT2D eigenvalue weighted by Gasteiger charge is 2.37. The second-order valence-corrected chi connectivity index (χ2v) is 10.8. The Bertz CT molecular complexity index is 1550. The Morgan fingerprint density at radius 1 is 1.18 bits per heavy atom. The number of hydrogen-bond donors (Lipinski definition) is 3. The number of halogens is 5. The van der Waals surface area contributed by atoms with Gasteiger partial charge in [0.2, 0.25) is 5.91 Å². The number of nitriles is 1. The number of nitrogens with one attached hydrogen (secondary N) is 3. The van der Waals surface area contributed by atoms with Crippen molar-refractivity contribution in [3.05, 3.63) is 104 Å². The molecule has 2 amide bonds. The first-order chi connectivity index (χ1) is 19.0. The van der Waals surface area contributed by atoms with Crippen LogP contribution >= 0.6 is 39.3 Å². The highest BCUT2D eigenvalue weighted by atomic mass is 79.9. The molecule has 0 aliphatic carbocycles. The van der Waals surface area contributed by atoms with E-state index in [0.717, 1.165) is 34.4 Å². The van der Waals surface area contributed by atoms with E-state index < -0.39 is 23.6 Å². The third kappa shape index (κ3) is 6.72. The molecule has 0 unspecified atom stereocenters. The SMILES string of the molecule is CC1=C(C(=O)Nc2cc(C(F)(F)F)ccc2Cl)[C@@H](c2ccco2)C(C#N)=C(SCC(=O)Nc2ccc(Br)cc2)N1. The molecule has 206 valence electrons. The van der Waals surface area contributed by atoms with E-state index in [0.29, 0.717) is 16.4 Å². The van der Waals surface area contributed by atoms with Crippen LogP contribution in [-0.2, 0) is 15.8 Å². The first-order valence-corrected chi connectivity index (χ1v) is 13.7. The van der Waals surface area contributed by atoms with Gasteiger partial charge in [-0.1, -0.05) is 39.3 Å². The van der Waals surface area contributed by atoms with E-state index in [-0.39, 0.29) is 39.3 Å². The molecule has 3 N–H and O–H groups in total. The number of thioether (sulfide) groups is 1. The molecular weight excluding hydrogens is 633 g/mol. The maximum Gasteiger partial charge on any atom is 0.416 e. The van der Waals surface area contributed by atoms with E-state index in [2.05, 4.69) is 37.9 Å². The number of amides is 2. The Hall–Kier alpha value is -3.66. The van der Waals surface area contributed by atoms with E-state index in [1.165, 1.54) is 6.26 Å². The zero-order valence-corrected chi connectivity index (χ0v) is 23.7. The number of furan rings is 1. The topological polar surface area (TPSA) is 107 Å². The Morgan fingerprint density at radius 3 is 2.52 bits per heavy atom. The predicted octanol–water partition coefficient (Wildman–Crippen LogP) is 7.42. The number of nitrogens with zero attached hydrogens (tertiary/aromatic N) is 1. The van der Waals surface area contributed by atoms with Crippen molar-refractivity contribution in [3.63, 3.8) is 0 Å². The summed E-state index contributed by atoms with van der Waals surface area (Å²) in [7, 11) is 0. The average Bonchev–Trinajstić information content (AvgIpc) is 3.43. The van der Waals surface area contributed by atoms with Crippen molar-refractivity contribution in [3.8, 4) is 6.07 Å². The molecule has 0 fully saturated rings. The third-order valence-electron chi connectivity index (χ3n) is 5.74. The fourth-order valence-corrected chi connectivity index (χ4v) is 5.24. The Kier molecular flexibility index (Phi) is 8.98. The molecule has 13 heteroatoms.